The smallest absolute Gasteiger partial charge is 0.410 e. The number of non-ortho nitro benzene ring substituents is 2. The van der Waals surface area contributed by atoms with Crippen LogP contribution in [-0.2, 0) is 4.74 Å². The number of carbonyl (C=O) groups is 1. The highest BCUT2D eigenvalue weighted by Crippen LogP contribution is 2.38. The SMILES string of the molecule is CC(C)(C)OC(=O)N1[C@@H]2CC[C@H]1CC(Oc1ccc([N+](=O)[O-])cc1)C2.O=[N+]([O-])c1ccc(F)cc1. The molecule has 0 spiro atoms. The molecular weight excluding hydrogens is 461 g/mol. The summed E-state index contributed by atoms with van der Waals surface area (Å²) in [6.45, 7) is 5.62. The van der Waals surface area contributed by atoms with E-state index < -0.39 is 21.3 Å². The molecule has 1 unspecified atom stereocenters. The molecule has 0 N–H and O–H groups in total. The Labute approximate surface area is 201 Å². The molecule has 1 amide bonds. The van der Waals surface area contributed by atoms with Crippen molar-refractivity contribution in [1.82, 2.24) is 4.90 Å². The number of piperidine rings is 1. The quantitative estimate of drug-likeness (QED) is 0.402. The number of fused-ring (bicyclic) bond motifs is 2. The molecular formula is C24H28FN3O7. The average Bonchev–Trinajstić information content (AvgIpc) is 3.04. The van der Waals surface area contributed by atoms with Crippen LogP contribution in [0.15, 0.2) is 48.5 Å². The van der Waals surface area contributed by atoms with Crippen molar-refractivity contribution in [2.75, 3.05) is 0 Å². The van der Waals surface area contributed by atoms with Crippen LogP contribution >= 0.6 is 0 Å². The van der Waals surface area contributed by atoms with E-state index in [0.29, 0.717) is 5.75 Å². The minimum Gasteiger partial charge on any atom is -0.490 e. The van der Waals surface area contributed by atoms with E-state index in [0.717, 1.165) is 49.9 Å². The highest BCUT2D eigenvalue weighted by Gasteiger charge is 2.45. The Balaban J connectivity index is 0.000000287. The van der Waals surface area contributed by atoms with E-state index in [1.165, 1.54) is 12.1 Å². The van der Waals surface area contributed by atoms with Crippen molar-refractivity contribution in [2.24, 2.45) is 0 Å². The predicted molar refractivity (Wildman–Crippen MR) is 125 cm³/mol. The highest BCUT2D eigenvalue weighted by atomic mass is 19.1. The summed E-state index contributed by atoms with van der Waals surface area (Å²) in [5.41, 5.74) is -0.545. The average molecular weight is 490 g/mol. The van der Waals surface area contributed by atoms with Gasteiger partial charge in [-0.3, -0.25) is 20.2 Å². The van der Waals surface area contributed by atoms with E-state index in [1.54, 1.807) is 12.1 Å². The van der Waals surface area contributed by atoms with Gasteiger partial charge in [-0.25, -0.2) is 9.18 Å². The fourth-order valence-corrected chi connectivity index (χ4v) is 4.24. The van der Waals surface area contributed by atoms with Crippen molar-refractivity contribution in [2.45, 2.75) is 70.2 Å². The summed E-state index contributed by atoms with van der Waals surface area (Å²) in [5.74, 6) is 0.159. The van der Waals surface area contributed by atoms with Gasteiger partial charge in [0.1, 0.15) is 23.3 Å². The van der Waals surface area contributed by atoms with Crippen LogP contribution in [0.1, 0.15) is 46.5 Å². The van der Waals surface area contributed by atoms with Crippen molar-refractivity contribution in [1.29, 1.82) is 0 Å². The van der Waals surface area contributed by atoms with Crippen molar-refractivity contribution in [3.63, 3.8) is 0 Å². The molecule has 0 radical (unpaired) electrons. The van der Waals surface area contributed by atoms with E-state index in [2.05, 4.69) is 0 Å². The number of carbonyl (C=O) groups excluding carboxylic acids is 1. The molecule has 2 saturated heterocycles. The second-order valence-corrected chi connectivity index (χ2v) is 9.47. The molecule has 35 heavy (non-hydrogen) atoms. The lowest BCUT2D eigenvalue weighted by Gasteiger charge is -2.39. The van der Waals surface area contributed by atoms with Crippen LogP contribution in [0.2, 0.25) is 0 Å². The molecule has 2 heterocycles. The summed E-state index contributed by atoms with van der Waals surface area (Å²) in [4.78, 5) is 34.0. The maximum absolute atomic E-state index is 12.4. The fourth-order valence-electron chi connectivity index (χ4n) is 4.24. The first-order valence-electron chi connectivity index (χ1n) is 11.3. The monoisotopic (exact) mass is 489 g/mol. The van der Waals surface area contributed by atoms with Gasteiger partial charge in [0.2, 0.25) is 0 Å². The zero-order chi connectivity index (χ0) is 25.8. The van der Waals surface area contributed by atoms with E-state index in [1.807, 2.05) is 25.7 Å². The fraction of sp³-hybridized carbons (Fsp3) is 0.458. The van der Waals surface area contributed by atoms with E-state index in [9.17, 15) is 29.4 Å². The van der Waals surface area contributed by atoms with Gasteiger partial charge in [0.25, 0.3) is 11.4 Å². The number of nitro groups is 2. The number of ether oxygens (including phenoxy) is 2. The van der Waals surface area contributed by atoms with E-state index >= 15 is 0 Å². The molecule has 11 heteroatoms. The Morgan fingerprint density at radius 2 is 1.37 bits per heavy atom. The number of rotatable bonds is 4. The molecule has 3 atom stereocenters. The molecule has 2 aliphatic heterocycles. The zero-order valence-corrected chi connectivity index (χ0v) is 19.8. The van der Waals surface area contributed by atoms with Crippen LogP contribution in [0.4, 0.5) is 20.6 Å². The summed E-state index contributed by atoms with van der Waals surface area (Å²) < 4.78 is 23.7. The minimum atomic E-state index is -0.570. The molecule has 2 aliphatic rings. The van der Waals surface area contributed by atoms with Gasteiger partial charge in [0, 0.05) is 49.2 Å². The number of benzene rings is 2. The van der Waals surface area contributed by atoms with Gasteiger partial charge in [-0.2, -0.15) is 0 Å². The van der Waals surface area contributed by atoms with Crippen molar-refractivity contribution in [3.8, 4) is 5.75 Å². The Kier molecular flexibility index (Phi) is 7.88. The van der Waals surface area contributed by atoms with Crippen LogP contribution in [0.25, 0.3) is 0 Å². The standard InChI is InChI=1S/C18H24N2O5.C6H4FNO2/c1-18(2,3)25-17(21)19-13-4-5-14(19)11-16(10-13)24-15-8-6-12(7-9-15)20(22)23;7-5-1-3-6(4-2-5)8(9)10/h6-9,13-14,16H,4-5,10-11H2,1-3H3;1-4H/t13-,14+,16?;. The van der Waals surface area contributed by atoms with Gasteiger partial charge in [0.15, 0.2) is 0 Å². The maximum atomic E-state index is 12.4. The van der Waals surface area contributed by atoms with Crippen LogP contribution in [0, 0.1) is 26.0 Å². The van der Waals surface area contributed by atoms with Crippen LogP contribution < -0.4 is 4.74 Å². The van der Waals surface area contributed by atoms with Crippen LogP contribution in [0.3, 0.4) is 0 Å². The number of amides is 1. The molecule has 0 aromatic heterocycles. The number of nitrogens with zero attached hydrogens (tertiary/aromatic N) is 3. The summed E-state index contributed by atoms with van der Waals surface area (Å²) in [6.07, 6.45) is 3.21. The first-order chi connectivity index (χ1) is 16.4. The zero-order valence-electron chi connectivity index (χ0n) is 19.8. The van der Waals surface area contributed by atoms with Crippen molar-refractivity contribution in [3.05, 3.63) is 74.6 Å². The van der Waals surface area contributed by atoms with E-state index in [4.69, 9.17) is 9.47 Å². The molecule has 188 valence electrons. The molecule has 2 fully saturated rings. The third-order valence-electron chi connectivity index (χ3n) is 5.68. The van der Waals surface area contributed by atoms with E-state index in [-0.39, 0.29) is 35.7 Å². The van der Waals surface area contributed by atoms with Gasteiger partial charge >= 0.3 is 6.09 Å². The summed E-state index contributed by atoms with van der Waals surface area (Å²) in [6, 6.07) is 10.8. The lowest BCUT2D eigenvalue weighted by atomic mass is 10.00. The van der Waals surface area contributed by atoms with Gasteiger partial charge in [0.05, 0.1) is 9.85 Å². The first-order valence-corrected chi connectivity index (χ1v) is 11.3. The molecule has 0 saturated carbocycles. The lowest BCUT2D eigenvalue weighted by Crippen LogP contribution is -2.50. The molecule has 2 bridgehead atoms. The summed E-state index contributed by atoms with van der Waals surface area (Å²) in [5, 5.41) is 20.7. The Hall–Kier alpha value is -3.76. The largest absolute Gasteiger partial charge is 0.490 e. The third kappa shape index (κ3) is 7.11. The van der Waals surface area contributed by atoms with Gasteiger partial charge in [-0.1, -0.05) is 0 Å². The maximum Gasteiger partial charge on any atom is 0.410 e. The molecule has 2 aromatic carbocycles. The summed E-state index contributed by atoms with van der Waals surface area (Å²) >= 11 is 0. The lowest BCUT2D eigenvalue weighted by molar-refractivity contribution is -0.385. The van der Waals surface area contributed by atoms with Crippen molar-refractivity contribution >= 4 is 17.5 Å². The van der Waals surface area contributed by atoms with Crippen molar-refractivity contribution < 1.29 is 28.5 Å². The van der Waals surface area contributed by atoms with Gasteiger partial charge in [-0.15, -0.1) is 0 Å². The molecule has 4 rings (SSSR count). The van der Waals surface area contributed by atoms with Crippen LogP contribution in [0.5, 0.6) is 5.75 Å². The normalized spacial score (nSPS) is 20.9. The number of hydrogen-bond acceptors (Lipinski definition) is 7. The summed E-state index contributed by atoms with van der Waals surface area (Å²) in [7, 11) is 0. The number of halogens is 1. The number of nitro benzene ring substituents is 2. The second kappa shape index (κ2) is 10.7. The minimum absolute atomic E-state index is 0.0117. The Morgan fingerprint density at radius 3 is 1.80 bits per heavy atom. The van der Waals surface area contributed by atoms with Gasteiger partial charge < -0.3 is 14.4 Å². The first kappa shape index (κ1) is 25.9. The molecule has 10 nitrogen and oxygen atoms in total. The third-order valence-corrected chi connectivity index (χ3v) is 5.68. The van der Waals surface area contributed by atoms with Crippen LogP contribution in [-0.4, -0.2) is 44.6 Å². The Morgan fingerprint density at radius 1 is 0.914 bits per heavy atom. The molecule has 0 aliphatic carbocycles. The predicted octanol–water partition coefficient (Wildman–Crippen LogP) is 5.64. The topological polar surface area (TPSA) is 125 Å². The molecule has 2 aromatic rings. The number of hydrogen-bond donors (Lipinski definition) is 0. The van der Waals surface area contributed by atoms with Gasteiger partial charge in [-0.05, 0) is 57.9 Å². The second-order valence-electron chi connectivity index (χ2n) is 9.47. The Bertz CT molecular complexity index is 1040. The highest BCUT2D eigenvalue weighted by molar-refractivity contribution is 5.69.